The summed E-state index contributed by atoms with van der Waals surface area (Å²) in [6.07, 6.45) is -3.72. The Morgan fingerprint density at radius 3 is 2.30 bits per heavy atom. The molecule has 0 saturated heterocycles. The summed E-state index contributed by atoms with van der Waals surface area (Å²) < 4.78 is 37.9. The van der Waals surface area contributed by atoms with Gasteiger partial charge in [-0.25, -0.2) is 0 Å². The highest BCUT2D eigenvalue weighted by Crippen LogP contribution is 2.31. The van der Waals surface area contributed by atoms with Gasteiger partial charge in [0.25, 0.3) is 5.91 Å². The SMILES string of the molecule is NCCCNC(=O)c1ccccc1-c1ccc(C(F)(F)F)cc1. The minimum atomic E-state index is -4.38. The van der Waals surface area contributed by atoms with Gasteiger partial charge in [-0.05, 0) is 42.3 Å². The standard InChI is InChI=1S/C17H17F3N2O/c18-17(19,20)13-8-6-12(7-9-13)14-4-1-2-5-15(14)16(23)22-11-3-10-21/h1-2,4-9H,3,10-11,21H2,(H,22,23). The third-order valence-electron chi connectivity index (χ3n) is 3.36. The van der Waals surface area contributed by atoms with Crippen LogP contribution in [-0.2, 0) is 6.18 Å². The van der Waals surface area contributed by atoms with Crippen molar-refractivity contribution in [1.29, 1.82) is 0 Å². The fourth-order valence-electron chi connectivity index (χ4n) is 2.17. The van der Waals surface area contributed by atoms with E-state index in [9.17, 15) is 18.0 Å². The molecule has 1 amide bonds. The van der Waals surface area contributed by atoms with Crippen LogP contribution in [0.15, 0.2) is 48.5 Å². The average molecular weight is 322 g/mol. The van der Waals surface area contributed by atoms with E-state index in [1.807, 2.05) is 0 Å². The summed E-state index contributed by atoms with van der Waals surface area (Å²) in [7, 11) is 0. The summed E-state index contributed by atoms with van der Waals surface area (Å²) >= 11 is 0. The van der Waals surface area contributed by atoms with Gasteiger partial charge in [0.1, 0.15) is 0 Å². The molecule has 0 atom stereocenters. The summed E-state index contributed by atoms with van der Waals surface area (Å²) in [5.74, 6) is -0.269. The maximum absolute atomic E-state index is 12.6. The lowest BCUT2D eigenvalue weighted by Gasteiger charge is -2.11. The molecule has 0 aromatic heterocycles. The number of rotatable bonds is 5. The Kier molecular flexibility index (Phi) is 5.39. The number of halogens is 3. The van der Waals surface area contributed by atoms with Gasteiger partial charge in [-0.2, -0.15) is 13.2 Å². The molecule has 6 heteroatoms. The van der Waals surface area contributed by atoms with Crippen LogP contribution in [0.4, 0.5) is 13.2 Å². The first kappa shape index (κ1) is 17.0. The summed E-state index contributed by atoms with van der Waals surface area (Å²) in [6.45, 7) is 0.928. The number of nitrogens with two attached hydrogens (primary N) is 1. The first-order chi connectivity index (χ1) is 10.9. The van der Waals surface area contributed by atoms with Crippen LogP contribution >= 0.6 is 0 Å². The number of carbonyl (C=O) groups excluding carboxylic acids is 1. The lowest BCUT2D eigenvalue weighted by atomic mass is 9.98. The van der Waals surface area contributed by atoms with Crippen LogP contribution in [0.2, 0.25) is 0 Å². The van der Waals surface area contributed by atoms with Gasteiger partial charge >= 0.3 is 6.18 Å². The van der Waals surface area contributed by atoms with Gasteiger partial charge in [0.05, 0.1) is 5.56 Å². The number of carbonyl (C=O) groups is 1. The van der Waals surface area contributed by atoms with Gasteiger partial charge < -0.3 is 11.1 Å². The first-order valence-corrected chi connectivity index (χ1v) is 7.18. The average Bonchev–Trinajstić information content (AvgIpc) is 2.54. The maximum Gasteiger partial charge on any atom is 0.416 e. The number of hydrogen-bond donors (Lipinski definition) is 2. The predicted molar refractivity (Wildman–Crippen MR) is 82.9 cm³/mol. The second-order valence-corrected chi connectivity index (χ2v) is 5.02. The Morgan fingerprint density at radius 1 is 1.04 bits per heavy atom. The molecular formula is C17H17F3N2O. The smallest absolute Gasteiger partial charge is 0.352 e. The molecule has 0 aliphatic rings. The molecule has 0 unspecified atom stereocenters. The van der Waals surface area contributed by atoms with Gasteiger partial charge in [-0.15, -0.1) is 0 Å². The first-order valence-electron chi connectivity index (χ1n) is 7.18. The molecule has 122 valence electrons. The molecule has 0 radical (unpaired) electrons. The molecule has 2 aromatic carbocycles. The summed E-state index contributed by atoms with van der Waals surface area (Å²) in [6, 6.07) is 11.6. The minimum absolute atomic E-state index is 0.269. The van der Waals surface area contributed by atoms with Gasteiger partial charge in [0, 0.05) is 12.1 Å². The lowest BCUT2D eigenvalue weighted by molar-refractivity contribution is -0.137. The Balaban J connectivity index is 2.28. The van der Waals surface area contributed by atoms with E-state index in [0.717, 1.165) is 12.1 Å². The van der Waals surface area contributed by atoms with Crippen molar-refractivity contribution in [2.75, 3.05) is 13.1 Å². The molecule has 0 spiro atoms. The Labute approximate surface area is 132 Å². The normalized spacial score (nSPS) is 11.3. The van der Waals surface area contributed by atoms with Crippen molar-refractivity contribution in [3.63, 3.8) is 0 Å². The minimum Gasteiger partial charge on any atom is -0.352 e. The third kappa shape index (κ3) is 4.32. The zero-order valence-electron chi connectivity index (χ0n) is 12.4. The van der Waals surface area contributed by atoms with Crippen LogP contribution in [0.1, 0.15) is 22.3 Å². The number of alkyl halides is 3. The molecule has 2 rings (SSSR count). The van der Waals surface area contributed by atoms with Crippen molar-refractivity contribution in [3.05, 3.63) is 59.7 Å². The summed E-state index contributed by atoms with van der Waals surface area (Å²) in [5, 5.41) is 2.75. The Morgan fingerprint density at radius 2 is 1.70 bits per heavy atom. The van der Waals surface area contributed by atoms with E-state index in [2.05, 4.69) is 5.32 Å². The van der Waals surface area contributed by atoms with Crippen molar-refractivity contribution >= 4 is 5.91 Å². The molecule has 0 aliphatic carbocycles. The van der Waals surface area contributed by atoms with Crippen molar-refractivity contribution in [1.82, 2.24) is 5.32 Å². The highest BCUT2D eigenvalue weighted by atomic mass is 19.4. The predicted octanol–water partition coefficient (Wildman–Crippen LogP) is 3.45. The van der Waals surface area contributed by atoms with Crippen LogP contribution in [0.5, 0.6) is 0 Å². The zero-order valence-corrected chi connectivity index (χ0v) is 12.4. The van der Waals surface area contributed by atoms with E-state index in [-0.39, 0.29) is 5.91 Å². The van der Waals surface area contributed by atoms with Crippen molar-refractivity contribution < 1.29 is 18.0 Å². The molecule has 23 heavy (non-hydrogen) atoms. The maximum atomic E-state index is 12.6. The zero-order chi connectivity index (χ0) is 16.9. The van der Waals surface area contributed by atoms with Crippen LogP contribution in [0.25, 0.3) is 11.1 Å². The number of benzene rings is 2. The van der Waals surface area contributed by atoms with Gasteiger partial charge in [-0.3, -0.25) is 4.79 Å². The third-order valence-corrected chi connectivity index (χ3v) is 3.36. The van der Waals surface area contributed by atoms with Crippen LogP contribution in [0.3, 0.4) is 0 Å². The van der Waals surface area contributed by atoms with E-state index in [4.69, 9.17) is 5.73 Å². The Hall–Kier alpha value is -2.34. The van der Waals surface area contributed by atoms with Crippen LogP contribution < -0.4 is 11.1 Å². The second-order valence-electron chi connectivity index (χ2n) is 5.02. The number of amides is 1. The number of nitrogens with one attached hydrogen (secondary N) is 1. The largest absolute Gasteiger partial charge is 0.416 e. The van der Waals surface area contributed by atoms with Gasteiger partial charge in [0.2, 0.25) is 0 Å². The van der Waals surface area contributed by atoms with Crippen molar-refractivity contribution in [2.24, 2.45) is 5.73 Å². The second kappa shape index (κ2) is 7.28. The van der Waals surface area contributed by atoms with Crippen molar-refractivity contribution in [3.8, 4) is 11.1 Å². The molecular weight excluding hydrogens is 305 g/mol. The molecule has 0 bridgehead atoms. The van der Waals surface area contributed by atoms with E-state index in [1.54, 1.807) is 24.3 Å². The van der Waals surface area contributed by atoms with E-state index in [0.29, 0.717) is 36.2 Å². The van der Waals surface area contributed by atoms with Crippen LogP contribution in [-0.4, -0.2) is 19.0 Å². The lowest BCUT2D eigenvalue weighted by Crippen LogP contribution is -2.26. The molecule has 0 heterocycles. The number of hydrogen-bond acceptors (Lipinski definition) is 2. The monoisotopic (exact) mass is 322 g/mol. The fraction of sp³-hybridized carbons (Fsp3) is 0.235. The molecule has 0 aliphatic heterocycles. The van der Waals surface area contributed by atoms with Crippen LogP contribution in [0, 0.1) is 0 Å². The quantitative estimate of drug-likeness (QED) is 0.829. The van der Waals surface area contributed by atoms with E-state index < -0.39 is 11.7 Å². The molecule has 2 aromatic rings. The van der Waals surface area contributed by atoms with E-state index >= 15 is 0 Å². The molecule has 3 N–H and O–H groups in total. The highest BCUT2D eigenvalue weighted by molar-refractivity contribution is 6.00. The topological polar surface area (TPSA) is 55.1 Å². The van der Waals surface area contributed by atoms with Gasteiger partial charge in [-0.1, -0.05) is 30.3 Å². The highest BCUT2D eigenvalue weighted by Gasteiger charge is 2.30. The van der Waals surface area contributed by atoms with Gasteiger partial charge in [0.15, 0.2) is 0 Å². The van der Waals surface area contributed by atoms with Crippen molar-refractivity contribution in [2.45, 2.75) is 12.6 Å². The molecule has 3 nitrogen and oxygen atoms in total. The molecule has 0 saturated carbocycles. The summed E-state index contributed by atoms with van der Waals surface area (Å²) in [5.41, 5.74) is 6.23. The Bertz CT molecular complexity index is 666. The van der Waals surface area contributed by atoms with E-state index in [1.165, 1.54) is 12.1 Å². The molecule has 0 fully saturated rings. The fourth-order valence-corrected chi connectivity index (χ4v) is 2.17. The summed E-state index contributed by atoms with van der Waals surface area (Å²) in [4.78, 5) is 12.2.